The van der Waals surface area contributed by atoms with Gasteiger partial charge in [0.2, 0.25) is 17.7 Å². The lowest BCUT2D eigenvalue weighted by Gasteiger charge is -2.16. The fourth-order valence-corrected chi connectivity index (χ4v) is 2.91. The van der Waals surface area contributed by atoms with Crippen molar-refractivity contribution in [2.24, 2.45) is 0 Å². The Balaban J connectivity index is 1.68. The first-order chi connectivity index (χ1) is 12.1. The van der Waals surface area contributed by atoms with Crippen LogP contribution >= 0.6 is 0 Å². The first-order valence-electron chi connectivity index (χ1n) is 8.96. The van der Waals surface area contributed by atoms with Gasteiger partial charge in [-0.05, 0) is 12.0 Å². The highest BCUT2D eigenvalue weighted by Gasteiger charge is 2.31. The van der Waals surface area contributed by atoms with Gasteiger partial charge in [0.15, 0.2) is 0 Å². The maximum absolute atomic E-state index is 12.1. The number of hydrogen-bond acceptors (Lipinski definition) is 3. The van der Waals surface area contributed by atoms with Crippen molar-refractivity contribution in [1.29, 1.82) is 0 Å². The number of unbranched alkanes of at least 4 members (excludes halogenated alkanes) is 1. The predicted octanol–water partition coefficient (Wildman–Crippen LogP) is 1.43. The Morgan fingerprint density at radius 3 is 2.56 bits per heavy atom. The van der Waals surface area contributed by atoms with Crippen LogP contribution in [0.15, 0.2) is 30.3 Å². The number of benzene rings is 1. The van der Waals surface area contributed by atoms with Crippen LogP contribution in [0.5, 0.6) is 0 Å². The van der Waals surface area contributed by atoms with Gasteiger partial charge in [0.1, 0.15) is 0 Å². The zero-order valence-corrected chi connectivity index (χ0v) is 14.8. The van der Waals surface area contributed by atoms with Gasteiger partial charge in [-0.25, -0.2) is 0 Å². The van der Waals surface area contributed by atoms with Crippen LogP contribution in [0.25, 0.3) is 0 Å². The van der Waals surface area contributed by atoms with E-state index in [-0.39, 0.29) is 36.6 Å². The molecule has 0 radical (unpaired) electrons. The molecule has 6 heteroatoms. The number of nitrogens with one attached hydrogen (secondary N) is 2. The van der Waals surface area contributed by atoms with Gasteiger partial charge in [-0.15, -0.1) is 0 Å². The quantitative estimate of drug-likeness (QED) is 0.665. The molecule has 0 bridgehead atoms. The lowest BCUT2D eigenvalue weighted by atomic mass is 9.99. The second kappa shape index (κ2) is 9.81. The molecule has 1 saturated heterocycles. The summed E-state index contributed by atoms with van der Waals surface area (Å²) in [6, 6.07) is 9.89. The number of amides is 3. The molecule has 1 aliphatic heterocycles. The second-order valence-electron chi connectivity index (χ2n) is 6.39. The van der Waals surface area contributed by atoms with Crippen molar-refractivity contribution in [3.8, 4) is 0 Å². The third-order valence-corrected chi connectivity index (χ3v) is 4.35. The molecule has 0 spiro atoms. The van der Waals surface area contributed by atoms with E-state index in [1.165, 1.54) is 0 Å². The van der Waals surface area contributed by atoms with E-state index in [0.29, 0.717) is 26.1 Å². The van der Waals surface area contributed by atoms with Gasteiger partial charge in [-0.2, -0.15) is 0 Å². The van der Waals surface area contributed by atoms with Crippen molar-refractivity contribution >= 4 is 17.7 Å². The SMILES string of the molecule is CCCCNC(=O)CCNC(=O)CN1C[C@@H](c2ccccc2)CC1=O. The molecule has 0 unspecified atom stereocenters. The minimum atomic E-state index is -0.219. The first kappa shape index (κ1) is 19.0. The zero-order chi connectivity index (χ0) is 18.1. The average molecular weight is 345 g/mol. The van der Waals surface area contributed by atoms with Crippen molar-refractivity contribution in [1.82, 2.24) is 15.5 Å². The first-order valence-corrected chi connectivity index (χ1v) is 8.96. The molecule has 136 valence electrons. The Bertz CT molecular complexity index is 589. The molecular formula is C19H27N3O3. The van der Waals surface area contributed by atoms with Gasteiger partial charge in [0, 0.05) is 38.4 Å². The van der Waals surface area contributed by atoms with Gasteiger partial charge < -0.3 is 15.5 Å². The van der Waals surface area contributed by atoms with Gasteiger partial charge in [-0.3, -0.25) is 14.4 Å². The Kier molecular flexibility index (Phi) is 7.44. The molecule has 3 amide bonds. The monoisotopic (exact) mass is 345 g/mol. The molecule has 0 saturated carbocycles. The van der Waals surface area contributed by atoms with E-state index in [0.717, 1.165) is 18.4 Å². The molecule has 1 aromatic rings. The third kappa shape index (κ3) is 6.21. The van der Waals surface area contributed by atoms with E-state index < -0.39 is 0 Å². The van der Waals surface area contributed by atoms with Crippen LogP contribution in [0.3, 0.4) is 0 Å². The van der Waals surface area contributed by atoms with Gasteiger partial charge in [0.25, 0.3) is 0 Å². The van der Waals surface area contributed by atoms with Crippen LogP contribution in [0.4, 0.5) is 0 Å². The van der Waals surface area contributed by atoms with Crippen LogP contribution in [-0.4, -0.2) is 48.8 Å². The van der Waals surface area contributed by atoms with E-state index in [1.807, 2.05) is 30.3 Å². The average Bonchev–Trinajstić information content (AvgIpc) is 2.96. The van der Waals surface area contributed by atoms with Crippen molar-refractivity contribution in [3.05, 3.63) is 35.9 Å². The predicted molar refractivity (Wildman–Crippen MR) is 95.9 cm³/mol. The number of carbonyl (C=O) groups is 3. The Hall–Kier alpha value is -2.37. The van der Waals surface area contributed by atoms with Gasteiger partial charge in [-0.1, -0.05) is 43.7 Å². The highest BCUT2D eigenvalue weighted by molar-refractivity contribution is 5.87. The summed E-state index contributed by atoms with van der Waals surface area (Å²) < 4.78 is 0. The second-order valence-corrected chi connectivity index (χ2v) is 6.39. The van der Waals surface area contributed by atoms with Crippen molar-refractivity contribution in [3.63, 3.8) is 0 Å². The molecule has 6 nitrogen and oxygen atoms in total. The molecule has 1 heterocycles. The van der Waals surface area contributed by atoms with Gasteiger partial charge >= 0.3 is 0 Å². The molecule has 2 rings (SSSR count). The van der Waals surface area contributed by atoms with E-state index in [1.54, 1.807) is 4.90 Å². The fourth-order valence-electron chi connectivity index (χ4n) is 2.91. The standard InChI is InChI=1S/C19H27N3O3/c1-2-3-10-20-17(23)9-11-21-18(24)14-22-13-16(12-19(22)25)15-7-5-4-6-8-15/h4-8,16H,2-3,9-14H2,1H3,(H,20,23)(H,21,24)/t16-/m0/s1. The highest BCUT2D eigenvalue weighted by atomic mass is 16.2. The minimum Gasteiger partial charge on any atom is -0.356 e. The molecule has 0 aliphatic carbocycles. The number of rotatable bonds is 9. The van der Waals surface area contributed by atoms with E-state index in [4.69, 9.17) is 0 Å². The molecule has 1 aromatic carbocycles. The van der Waals surface area contributed by atoms with E-state index >= 15 is 0 Å². The summed E-state index contributed by atoms with van der Waals surface area (Å²) in [5.41, 5.74) is 1.13. The van der Waals surface area contributed by atoms with Crippen LogP contribution in [0, 0.1) is 0 Å². The van der Waals surface area contributed by atoms with E-state index in [9.17, 15) is 14.4 Å². The topological polar surface area (TPSA) is 78.5 Å². The Morgan fingerprint density at radius 1 is 1.12 bits per heavy atom. The van der Waals surface area contributed by atoms with Crippen LogP contribution in [0.1, 0.15) is 44.1 Å². The fraction of sp³-hybridized carbons (Fsp3) is 0.526. The largest absolute Gasteiger partial charge is 0.356 e. The summed E-state index contributed by atoms with van der Waals surface area (Å²) in [5, 5.41) is 5.52. The summed E-state index contributed by atoms with van der Waals surface area (Å²) in [7, 11) is 0. The number of hydrogen-bond donors (Lipinski definition) is 2. The molecule has 1 atom stereocenters. The van der Waals surface area contributed by atoms with Crippen molar-refractivity contribution in [2.45, 2.75) is 38.5 Å². The number of carbonyl (C=O) groups excluding carboxylic acids is 3. The van der Waals surface area contributed by atoms with Crippen molar-refractivity contribution < 1.29 is 14.4 Å². The van der Waals surface area contributed by atoms with Crippen LogP contribution < -0.4 is 10.6 Å². The molecule has 1 aliphatic rings. The Morgan fingerprint density at radius 2 is 1.84 bits per heavy atom. The van der Waals surface area contributed by atoms with E-state index in [2.05, 4.69) is 17.6 Å². The number of nitrogens with zero attached hydrogens (tertiary/aromatic N) is 1. The van der Waals surface area contributed by atoms with Crippen molar-refractivity contribution in [2.75, 3.05) is 26.2 Å². The molecule has 1 fully saturated rings. The van der Waals surface area contributed by atoms with Crippen LogP contribution in [0.2, 0.25) is 0 Å². The summed E-state index contributed by atoms with van der Waals surface area (Å²) >= 11 is 0. The molecule has 2 N–H and O–H groups in total. The van der Waals surface area contributed by atoms with Gasteiger partial charge in [0.05, 0.1) is 6.54 Å². The summed E-state index contributed by atoms with van der Waals surface area (Å²) in [6.45, 7) is 3.65. The summed E-state index contributed by atoms with van der Waals surface area (Å²) in [6.07, 6.45) is 2.69. The normalized spacial score (nSPS) is 16.8. The lowest BCUT2D eigenvalue weighted by molar-refractivity contribution is -0.133. The number of likely N-dealkylation sites (tertiary alicyclic amines) is 1. The zero-order valence-electron chi connectivity index (χ0n) is 14.8. The minimum absolute atomic E-state index is 0.00121. The maximum Gasteiger partial charge on any atom is 0.239 e. The Labute approximate surface area is 149 Å². The smallest absolute Gasteiger partial charge is 0.239 e. The lowest BCUT2D eigenvalue weighted by Crippen LogP contribution is -2.39. The summed E-state index contributed by atoms with van der Waals surface area (Å²) in [5.74, 6) is -0.134. The molecular weight excluding hydrogens is 318 g/mol. The van der Waals surface area contributed by atoms with Crippen LogP contribution in [-0.2, 0) is 14.4 Å². The molecule has 0 aromatic heterocycles. The third-order valence-electron chi connectivity index (χ3n) is 4.35. The molecule has 25 heavy (non-hydrogen) atoms. The highest BCUT2D eigenvalue weighted by Crippen LogP contribution is 2.27. The maximum atomic E-state index is 12.1. The summed E-state index contributed by atoms with van der Waals surface area (Å²) in [4.78, 5) is 37.3.